The SMILES string of the molecule is CC1CC(C(=O)O)C(c2nc(C3CCCCS3)no2)C1. The van der Waals surface area contributed by atoms with Crippen LogP contribution in [0.4, 0.5) is 0 Å². The van der Waals surface area contributed by atoms with Crippen LogP contribution in [-0.4, -0.2) is 27.0 Å². The Morgan fingerprint density at radius 1 is 1.40 bits per heavy atom. The topological polar surface area (TPSA) is 76.2 Å². The molecule has 1 aliphatic heterocycles. The number of carboxylic acid groups (broad SMARTS) is 1. The third kappa shape index (κ3) is 2.71. The molecule has 2 heterocycles. The summed E-state index contributed by atoms with van der Waals surface area (Å²) >= 11 is 1.88. The van der Waals surface area contributed by atoms with Crippen molar-refractivity contribution >= 4 is 17.7 Å². The van der Waals surface area contributed by atoms with Crippen LogP contribution in [0.15, 0.2) is 4.52 Å². The van der Waals surface area contributed by atoms with E-state index in [1.54, 1.807) is 0 Å². The van der Waals surface area contributed by atoms with Crippen molar-refractivity contribution in [3.8, 4) is 0 Å². The summed E-state index contributed by atoms with van der Waals surface area (Å²) in [7, 11) is 0. The van der Waals surface area contributed by atoms with E-state index < -0.39 is 5.97 Å². The van der Waals surface area contributed by atoms with E-state index >= 15 is 0 Å². The molecule has 0 bridgehead atoms. The fourth-order valence-electron chi connectivity index (χ4n) is 3.31. The number of aliphatic carboxylic acids is 1. The highest BCUT2D eigenvalue weighted by Crippen LogP contribution is 2.43. The summed E-state index contributed by atoms with van der Waals surface area (Å²) < 4.78 is 5.39. The van der Waals surface area contributed by atoms with Gasteiger partial charge >= 0.3 is 5.97 Å². The lowest BCUT2D eigenvalue weighted by atomic mass is 9.96. The van der Waals surface area contributed by atoms with Gasteiger partial charge in [0.1, 0.15) is 0 Å². The van der Waals surface area contributed by atoms with Crippen molar-refractivity contribution in [1.82, 2.24) is 10.1 Å². The first kappa shape index (κ1) is 13.9. The standard InChI is InChI=1S/C14H20N2O3S/c1-8-6-9(10(7-8)14(17)18)13-15-12(16-19-13)11-4-2-3-5-20-11/h8-11H,2-7H2,1H3,(H,17,18). The van der Waals surface area contributed by atoms with E-state index in [1.807, 2.05) is 11.8 Å². The molecule has 1 aliphatic carbocycles. The average Bonchev–Trinajstić information content (AvgIpc) is 3.06. The number of carbonyl (C=O) groups is 1. The van der Waals surface area contributed by atoms with Crippen LogP contribution in [0, 0.1) is 11.8 Å². The highest BCUT2D eigenvalue weighted by Gasteiger charge is 2.41. The molecule has 0 radical (unpaired) electrons. The van der Waals surface area contributed by atoms with E-state index in [-0.39, 0.29) is 11.8 Å². The minimum Gasteiger partial charge on any atom is -0.481 e. The van der Waals surface area contributed by atoms with E-state index in [9.17, 15) is 9.90 Å². The highest BCUT2D eigenvalue weighted by molar-refractivity contribution is 7.99. The lowest BCUT2D eigenvalue weighted by molar-refractivity contribution is -0.142. The van der Waals surface area contributed by atoms with Gasteiger partial charge in [0.2, 0.25) is 5.89 Å². The maximum absolute atomic E-state index is 11.3. The quantitative estimate of drug-likeness (QED) is 0.922. The number of nitrogens with zero attached hydrogens (tertiary/aromatic N) is 2. The molecule has 20 heavy (non-hydrogen) atoms. The largest absolute Gasteiger partial charge is 0.481 e. The van der Waals surface area contributed by atoms with Gasteiger partial charge in [-0.15, -0.1) is 0 Å². The first-order valence-corrected chi connectivity index (χ1v) is 8.38. The van der Waals surface area contributed by atoms with E-state index in [4.69, 9.17) is 4.52 Å². The predicted molar refractivity (Wildman–Crippen MR) is 75.6 cm³/mol. The van der Waals surface area contributed by atoms with Gasteiger partial charge in [-0.05, 0) is 37.4 Å². The molecule has 1 saturated heterocycles. The minimum absolute atomic E-state index is 0.114. The van der Waals surface area contributed by atoms with Gasteiger partial charge in [0.15, 0.2) is 5.82 Å². The zero-order valence-electron chi connectivity index (χ0n) is 11.6. The second kappa shape index (κ2) is 5.76. The van der Waals surface area contributed by atoms with Crippen molar-refractivity contribution < 1.29 is 14.4 Å². The maximum Gasteiger partial charge on any atom is 0.307 e. The van der Waals surface area contributed by atoms with Gasteiger partial charge in [-0.25, -0.2) is 0 Å². The van der Waals surface area contributed by atoms with Gasteiger partial charge in [-0.2, -0.15) is 16.7 Å². The van der Waals surface area contributed by atoms with Crippen LogP contribution in [0.2, 0.25) is 0 Å². The monoisotopic (exact) mass is 296 g/mol. The zero-order chi connectivity index (χ0) is 14.1. The average molecular weight is 296 g/mol. The minimum atomic E-state index is -0.744. The smallest absolute Gasteiger partial charge is 0.307 e. The van der Waals surface area contributed by atoms with E-state index in [0.29, 0.717) is 23.5 Å². The lowest BCUT2D eigenvalue weighted by Crippen LogP contribution is -2.17. The van der Waals surface area contributed by atoms with Crippen LogP contribution in [0.1, 0.15) is 61.9 Å². The molecule has 1 aromatic rings. The fourth-order valence-corrected chi connectivity index (χ4v) is 4.54. The fraction of sp³-hybridized carbons (Fsp3) is 0.786. The molecule has 0 amide bonds. The second-order valence-electron chi connectivity index (χ2n) is 5.97. The van der Waals surface area contributed by atoms with Crippen molar-refractivity contribution in [2.75, 3.05) is 5.75 Å². The van der Waals surface area contributed by atoms with Crippen molar-refractivity contribution in [3.05, 3.63) is 11.7 Å². The number of hydrogen-bond donors (Lipinski definition) is 1. The molecule has 0 aromatic carbocycles. The van der Waals surface area contributed by atoms with Gasteiger partial charge < -0.3 is 9.63 Å². The molecule has 2 aliphatic rings. The number of aromatic nitrogens is 2. The van der Waals surface area contributed by atoms with Gasteiger partial charge in [0.05, 0.1) is 17.1 Å². The van der Waals surface area contributed by atoms with Crippen LogP contribution < -0.4 is 0 Å². The summed E-state index contributed by atoms with van der Waals surface area (Å²) in [6, 6.07) is 0. The number of rotatable bonds is 3. The highest BCUT2D eigenvalue weighted by atomic mass is 32.2. The first-order chi connectivity index (χ1) is 9.65. The van der Waals surface area contributed by atoms with Gasteiger partial charge in [0, 0.05) is 0 Å². The van der Waals surface area contributed by atoms with E-state index in [0.717, 1.165) is 24.4 Å². The van der Waals surface area contributed by atoms with Crippen LogP contribution in [0.5, 0.6) is 0 Å². The number of thioether (sulfide) groups is 1. The molecule has 3 rings (SSSR count). The Morgan fingerprint density at radius 2 is 2.25 bits per heavy atom. The Balaban J connectivity index is 1.77. The summed E-state index contributed by atoms with van der Waals surface area (Å²) in [4.78, 5) is 15.9. The molecule has 1 N–H and O–H groups in total. The molecule has 4 atom stereocenters. The summed E-state index contributed by atoms with van der Waals surface area (Å²) in [5.74, 6) is 1.60. The third-order valence-electron chi connectivity index (χ3n) is 4.36. The molecule has 2 fully saturated rings. The van der Waals surface area contributed by atoms with Crippen molar-refractivity contribution in [1.29, 1.82) is 0 Å². The second-order valence-corrected chi connectivity index (χ2v) is 7.28. The van der Waals surface area contributed by atoms with Crippen molar-refractivity contribution in [2.45, 2.75) is 50.2 Å². The van der Waals surface area contributed by atoms with Crippen LogP contribution in [0.25, 0.3) is 0 Å². The van der Waals surface area contributed by atoms with Crippen molar-refractivity contribution in [3.63, 3.8) is 0 Å². The van der Waals surface area contributed by atoms with E-state index in [1.165, 1.54) is 12.8 Å². The first-order valence-electron chi connectivity index (χ1n) is 7.33. The van der Waals surface area contributed by atoms with Crippen molar-refractivity contribution in [2.24, 2.45) is 11.8 Å². The molecule has 1 saturated carbocycles. The Kier molecular flexibility index (Phi) is 4.01. The Bertz CT molecular complexity index is 485. The number of carboxylic acids is 1. The zero-order valence-corrected chi connectivity index (χ0v) is 12.4. The molecular weight excluding hydrogens is 276 g/mol. The van der Waals surface area contributed by atoms with Gasteiger partial charge in [0.25, 0.3) is 0 Å². The van der Waals surface area contributed by atoms with Crippen LogP contribution in [-0.2, 0) is 4.79 Å². The third-order valence-corrected chi connectivity index (χ3v) is 5.73. The molecular formula is C14H20N2O3S. The van der Waals surface area contributed by atoms with Crippen LogP contribution >= 0.6 is 11.8 Å². The normalized spacial score (nSPS) is 34.2. The molecule has 5 nitrogen and oxygen atoms in total. The lowest BCUT2D eigenvalue weighted by Gasteiger charge is -2.17. The predicted octanol–water partition coefficient (Wildman–Crippen LogP) is 3.24. The Morgan fingerprint density at radius 3 is 2.95 bits per heavy atom. The summed E-state index contributed by atoms with van der Waals surface area (Å²) in [5, 5.41) is 13.8. The van der Waals surface area contributed by atoms with Gasteiger partial charge in [-0.3, -0.25) is 4.79 Å². The summed E-state index contributed by atoms with van der Waals surface area (Å²) in [6.07, 6.45) is 5.09. The van der Waals surface area contributed by atoms with Crippen LogP contribution in [0.3, 0.4) is 0 Å². The maximum atomic E-state index is 11.3. The molecule has 0 spiro atoms. The molecule has 1 aromatic heterocycles. The Labute approximate surface area is 122 Å². The Hall–Kier alpha value is -1.04. The van der Waals surface area contributed by atoms with Gasteiger partial charge in [-0.1, -0.05) is 18.5 Å². The molecule has 6 heteroatoms. The molecule has 110 valence electrons. The number of hydrogen-bond acceptors (Lipinski definition) is 5. The van der Waals surface area contributed by atoms with E-state index in [2.05, 4.69) is 17.1 Å². The summed E-state index contributed by atoms with van der Waals surface area (Å²) in [5.41, 5.74) is 0. The summed E-state index contributed by atoms with van der Waals surface area (Å²) in [6.45, 7) is 2.09. The molecule has 4 unspecified atom stereocenters.